The van der Waals surface area contributed by atoms with Gasteiger partial charge < -0.3 is 0 Å². The molecule has 0 saturated heterocycles. The first-order chi connectivity index (χ1) is 2.81. The molecule has 4 N–H and O–H groups in total. The second-order valence-corrected chi connectivity index (χ2v) is 1.30. The van der Waals surface area contributed by atoms with Crippen molar-refractivity contribution in [3.8, 4) is 0 Å². The molecule has 0 spiro atoms. The summed E-state index contributed by atoms with van der Waals surface area (Å²) in [5, 5.41) is 0. The van der Waals surface area contributed by atoms with Crippen molar-refractivity contribution in [2.75, 3.05) is 0 Å². The van der Waals surface area contributed by atoms with E-state index in [9.17, 15) is 4.57 Å². The molecule has 0 fully saturated rings. The van der Waals surface area contributed by atoms with E-state index in [1.807, 2.05) is 0 Å². The average molecular weight is 111 g/mol. The zero-order valence-electron chi connectivity index (χ0n) is 2.83. The van der Waals surface area contributed by atoms with E-state index in [4.69, 9.17) is 0 Å². The van der Waals surface area contributed by atoms with Gasteiger partial charge in [0.1, 0.15) is 0 Å². The Morgan fingerprint density at radius 2 is 1.67 bits per heavy atom. The van der Waals surface area contributed by atoms with Gasteiger partial charge in [-0.1, -0.05) is 0 Å². The van der Waals surface area contributed by atoms with Crippen molar-refractivity contribution in [2.24, 2.45) is 11.8 Å². The summed E-state index contributed by atoms with van der Waals surface area (Å²) in [6, 6.07) is 0. The van der Waals surface area contributed by atoms with Gasteiger partial charge in [-0.15, -0.1) is 0 Å². The maximum atomic E-state index is 9.63. The summed E-state index contributed by atoms with van der Waals surface area (Å²) in [6.45, 7) is 0. The molecule has 0 aromatic carbocycles. The molecular weight excluding hydrogens is 107 g/mol. The van der Waals surface area contributed by atoms with Crippen molar-refractivity contribution in [3.05, 3.63) is 0 Å². The van der Waals surface area contributed by atoms with Gasteiger partial charge in [0.05, 0.1) is 0 Å². The van der Waals surface area contributed by atoms with Crippen LogP contribution in [0.2, 0.25) is 0 Å². The van der Waals surface area contributed by atoms with E-state index >= 15 is 0 Å². The average Bonchev–Trinajstić information content (AvgIpc) is 1.65. The van der Waals surface area contributed by atoms with E-state index in [2.05, 4.69) is 21.0 Å². The van der Waals surface area contributed by atoms with Crippen LogP contribution in [-0.2, 0) is 13.8 Å². The van der Waals surface area contributed by atoms with Gasteiger partial charge in [0, 0.05) is 4.57 Å². The third-order valence-electron chi connectivity index (χ3n) is 0.172. The third-order valence-corrected chi connectivity index (χ3v) is 0.516. The smallest absolute Gasteiger partial charge is 0.162 e. The summed E-state index contributed by atoms with van der Waals surface area (Å²) in [6.07, 6.45) is 0. The summed E-state index contributed by atoms with van der Waals surface area (Å²) in [5.74, 6) is 8.59. The first-order valence-electron chi connectivity index (χ1n) is 1.02. The van der Waals surface area contributed by atoms with Gasteiger partial charge >= 0.3 is 8.25 Å². The number of hydrogen-bond donors (Lipinski definition) is 2. The molecular formula is H4N2O3P+. The van der Waals surface area contributed by atoms with E-state index in [-0.39, 0.29) is 0 Å². The molecule has 0 amide bonds. The Kier molecular flexibility index (Phi) is 3.11. The van der Waals surface area contributed by atoms with Crippen LogP contribution in [0.3, 0.4) is 0 Å². The lowest BCUT2D eigenvalue weighted by Crippen LogP contribution is -1.94. The maximum absolute atomic E-state index is 9.63. The summed E-state index contributed by atoms with van der Waals surface area (Å²) >= 11 is 0. The van der Waals surface area contributed by atoms with Crippen LogP contribution in [0.1, 0.15) is 0 Å². The predicted molar refractivity (Wildman–Crippen MR) is 18.2 cm³/mol. The Hall–Kier alpha value is -0.0600. The van der Waals surface area contributed by atoms with E-state index in [0.29, 0.717) is 0 Å². The fourth-order valence-corrected chi connectivity index (χ4v) is 0.0745. The van der Waals surface area contributed by atoms with Crippen LogP contribution >= 0.6 is 8.25 Å². The topological polar surface area (TPSA) is 87.6 Å². The number of rotatable bonds is 2. The molecule has 0 atom stereocenters. The lowest BCUT2D eigenvalue weighted by atomic mass is 13.6. The van der Waals surface area contributed by atoms with Gasteiger partial charge in [-0.05, 0) is 9.25 Å². The van der Waals surface area contributed by atoms with E-state index in [0.717, 1.165) is 0 Å². The molecule has 0 aliphatic rings. The lowest BCUT2D eigenvalue weighted by molar-refractivity contribution is 0.234. The zero-order valence-corrected chi connectivity index (χ0v) is 3.72. The molecule has 0 unspecified atom stereocenters. The lowest BCUT2D eigenvalue weighted by Gasteiger charge is -1.65. The van der Waals surface area contributed by atoms with Crippen molar-refractivity contribution in [1.82, 2.24) is 0 Å². The quantitative estimate of drug-likeness (QED) is 0.367. The van der Waals surface area contributed by atoms with E-state index < -0.39 is 8.25 Å². The van der Waals surface area contributed by atoms with Crippen LogP contribution in [0, 0.1) is 0 Å². The van der Waals surface area contributed by atoms with Gasteiger partial charge in [-0.2, -0.15) is 11.8 Å². The minimum absolute atomic E-state index is 2.27. The van der Waals surface area contributed by atoms with Gasteiger partial charge in [0.25, 0.3) is 0 Å². The standard InChI is InChI=1S/H4N2O3P/c1-4-6(3)5-2/h1-2H2/q+1. The molecule has 5 nitrogen and oxygen atoms in total. The van der Waals surface area contributed by atoms with E-state index in [1.165, 1.54) is 0 Å². The first-order valence-corrected chi connectivity index (χ1v) is 2.11. The molecule has 6 heavy (non-hydrogen) atoms. The van der Waals surface area contributed by atoms with Crippen molar-refractivity contribution >= 4 is 8.25 Å². The summed E-state index contributed by atoms with van der Waals surface area (Å²) in [7, 11) is -2.27. The monoisotopic (exact) mass is 111 g/mol. The van der Waals surface area contributed by atoms with Gasteiger partial charge in [0.2, 0.25) is 0 Å². The second kappa shape index (κ2) is 3.14. The van der Waals surface area contributed by atoms with Crippen LogP contribution in [-0.4, -0.2) is 0 Å². The molecule has 0 aromatic heterocycles. The second-order valence-electron chi connectivity index (χ2n) is 0.434. The van der Waals surface area contributed by atoms with Crippen LogP contribution in [0.25, 0.3) is 0 Å². The molecule has 0 aromatic rings. The van der Waals surface area contributed by atoms with Gasteiger partial charge in [0.15, 0.2) is 0 Å². The highest BCUT2D eigenvalue weighted by molar-refractivity contribution is 7.33. The third kappa shape index (κ3) is 2.19. The summed E-state index contributed by atoms with van der Waals surface area (Å²) < 4.78 is 16.8. The molecule has 0 saturated carbocycles. The highest BCUT2D eigenvalue weighted by atomic mass is 31.1. The maximum Gasteiger partial charge on any atom is 0.734 e. The minimum atomic E-state index is -2.27. The largest absolute Gasteiger partial charge is 0.734 e. The Morgan fingerprint density at radius 1 is 1.33 bits per heavy atom. The molecule has 0 bridgehead atoms. The highest BCUT2D eigenvalue weighted by Gasteiger charge is 2.13. The highest BCUT2D eigenvalue weighted by Crippen LogP contribution is 2.14. The number of nitrogens with two attached hydrogens (primary N) is 2. The summed E-state index contributed by atoms with van der Waals surface area (Å²) in [5.41, 5.74) is 0. The van der Waals surface area contributed by atoms with Gasteiger partial charge in [-0.3, -0.25) is 0 Å². The van der Waals surface area contributed by atoms with Crippen molar-refractivity contribution in [2.45, 2.75) is 0 Å². The molecule has 0 aliphatic heterocycles. The fraction of sp³-hybridized carbons (Fsp3) is 0. The fourth-order valence-electron chi connectivity index (χ4n) is 0.0248. The predicted octanol–water partition coefficient (Wildman–Crippen LogP) is -0.576. The van der Waals surface area contributed by atoms with Crippen LogP contribution in [0.5, 0.6) is 0 Å². The minimum Gasteiger partial charge on any atom is -0.162 e. The Bertz CT molecular complexity index is 46.8. The molecule has 36 valence electrons. The molecule has 0 rings (SSSR count). The first kappa shape index (κ1) is 5.94. The summed E-state index contributed by atoms with van der Waals surface area (Å²) in [4.78, 5) is 0. The van der Waals surface area contributed by atoms with Crippen molar-refractivity contribution < 1.29 is 13.8 Å². The Labute approximate surface area is 35.1 Å². The number of hydrogen-bond acceptors (Lipinski definition) is 5. The van der Waals surface area contributed by atoms with Crippen LogP contribution < -0.4 is 11.8 Å². The zero-order chi connectivity index (χ0) is 4.99. The van der Waals surface area contributed by atoms with Crippen molar-refractivity contribution in [1.29, 1.82) is 0 Å². The van der Waals surface area contributed by atoms with Gasteiger partial charge in [-0.25, -0.2) is 0 Å². The normalized spacial score (nSPS) is 8.33. The molecule has 0 radical (unpaired) electrons. The Balaban J connectivity index is 2.99. The Morgan fingerprint density at radius 3 is 1.67 bits per heavy atom. The van der Waals surface area contributed by atoms with E-state index in [1.54, 1.807) is 0 Å². The molecule has 0 aliphatic carbocycles. The van der Waals surface area contributed by atoms with Crippen LogP contribution in [0.4, 0.5) is 0 Å². The molecule has 0 heterocycles. The SMILES string of the molecule is NO[P+](=O)ON. The van der Waals surface area contributed by atoms with Crippen LogP contribution in [0.15, 0.2) is 0 Å². The van der Waals surface area contributed by atoms with Crippen molar-refractivity contribution in [3.63, 3.8) is 0 Å². The molecule has 6 heteroatoms.